The van der Waals surface area contributed by atoms with Crippen molar-refractivity contribution in [1.82, 2.24) is 15.0 Å². The first-order chi connectivity index (χ1) is 17.8. The predicted molar refractivity (Wildman–Crippen MR) is 147 cm³/mol. The van der Waals surface area contributed by atoms with E-state index in [1.165, 1.54) is 0 Å². The maximum Gasteiger partial charge on any atom is 0.163 e. The first kappa shape index (κ1) is 21.6. The molecule has 3 heteroatoms. The number of aromatic nitrogens is 3. The molecule has 0 N–H and O–H groups in total. The van der Waals surface area contributed by atoms with Gasteiger partial charge in [-0.25, -0.2) is 15.0 Å². The molecule has 0 fully saturated rings. The van der Waals surface area contributed by atoms with Gasteiger partial charge >= 0.3 is 0 Å². The smallest absolute Gasteiger partial charge is 0.163 e. The molecule has 0 amide bonds. The summed E-state index contributed by atoms with van der Waals surface area (Å²) in [6, 6.07) is 46.0. The largest absolute Gasteiger partial charge is 0.217 e. The minimum atomic E-state index is 0.653. The molecule has 6 aromatic rings. The molecule has 6 rings (SSSR count). The molecular weight excluding hydrogens is 438 g/mol. The van der Waals surface area contributed by atoms with Gasteiger partial charge in [-0.15, -0.1) is 0 Å². The Kier molecular flexibility index (Phi) is 5.87. The van der Waals surface area contributed by atoms with E-state index in [0.29, 0.717) is 11.6 Å². The average Bonchev–Trinajstić information content (AvgIpc) is 2.98. The van der Waals surface area contributed by atoms with Crippen molar-refractivity contribution >= 4 is 0 Å². The molecule has 0 aliphatic rings. The second-order valence-electron chi connectivity index (χ2n) is 8.61. The maximum atomic E-state index is 4.90. The summed E-state index contributed by atoms with van der Waals surface area (Å²) in [4.78, 5) is 14.0. The van der Waals surface area contributed by atoms with Crippen LogP contribution in [0.2, 0.25) is 0 Å². The third kappa shape index (κ3) is 4.55. The van der Waals surface area contributed by atoms with Crippen molar-refractivity contribution < 1.29 is 0 Å². The van der Waals surface area contributed by atoms with E-state index in [1.54, 1.807) is 6.33 Å². The van der Waals surface area contributed by atoms with Crippen LogP contribution in [0.25, 0.3) is 56.2 Å². The van der Waals surface area contributed by atoms with E-state index in [2.05, 4.69) is 101 Å². The van der Waals surface area contributed by atoms with Crippen LogP contribution in [-0.2, 0) is 0 Å². The summed E-state index contributed by atoms with van der Waals surface area (Å²) in [5.74, 6) is 1.31. The molecule has 0 atom stereocenters. The summed E-state index contributed by atoms with van der Waals surface area (Å²) in [5.41, 5.74) is 8.77. The van der Waals surface area contributed by atoms with Crippen molar-refractivity contribution in [1.29, 1.82) is 0 Å². The Morgan fingerprint density at radius 2 is 0.694 bits per heavy atom. The molecule has 0 bridgehead atoms. The lowest BCUT2D eigenvalue weighted by atomic mass is 9.96. The number of hydrogen-bond donors (Lipinski definition) is 0. The quantitative estimate of drug-likeness (QED) is 0.260. The molecule has 170 valence electrons. The summed E-state index contributed by atoms with van der Waals surface area (Å²) in [7, 11) is 0. The van der Waals surface area contributed by atoms with E-state index >= 15 is 0 Å². The Hall–Kier alpha value is -4.89. The van der Waals surface area contributed by atoms with Crippen molar-refractivity contribution in [2.45, 2.75) is 0 Å². The van der Waals surface area contributed by atoms with Gasteiger partial charge < -0.3 is 0 Å². The van der Waals surface area contributed by atoms with Crippen molar-refractivity contribution in [2.75, 3.05) is 0 Å². The van der Waals surface area contributed by atoms with Crippen LogP contribution in [0.4, 0.5) is 0 Å². The Balaban J connectivity index is 1.45. The third-order valence-electron chi connectivity index (χ3n) is 6.21. The Morgan fingerprint density at radius 3 is 1.25 bits per heavy atom. The van der Waals surface area contributed by atoms with Crippen molar-refractivity contribution in [2.24, 2.45) is 0 Å². The van der Waals surface area contributed by atoms with Gasteiger partial charge in [-0.1, -0.05) is 109 Å². The SMILES string of the molecule is c1ccc(-c2cccc(-c3ncnc(-c4cc(-c5ccccc5)cc(-c5ccccc5)c4)n3)c2)cc1. The summed E-state index contributed by atoms with van der Waals surface area (Å²) >= 11 is 0. The minimum absolute atomic E-state index is 0.653. The molecule has 0 unspecified atom stereocenters. The van der Waals surface area contributed by atoms with Crippen LogP contribution in [0.3, 0.4) is 0 Å². The molecule has 36 heavy (non-hydrogen) atoms. The zero-order valence-electron chi connectivity index (χ0n) is 19.6. The minimum Gasteiger partial charge on any atom is -0.217 e. The van der Waals surface area contributed by atoms with Gasteiger partial charge in [0.15, 0.2) is 11.6 Å². The second kappa shape index (κ2) is 9.77. The van der Waals surface area contributed by atoms with E-state index < -0.39 is 0 Å². The number of hydrogen-bond acceptors (Lipinski definition) is 3. The van der Waals surface area contributed by atoms with Gasteiger partial charge in [0.25, 0.3) is 0 Å². The first-order valence-electron chi connectivity index (χ1n) is 11.9. The molecular formula is C33H23N3. The molecule has 1 heterocycles. The van der Waals surface area contributed by atoms with Gasteiger partial charge in [0.1, 0.15) is 6.33 Å². The highest BCUT2D eigenvalue weighted by atomic mass is 15.0. The predicted octanol–water partition coefficient (Wildman–Crippen LogP) is 8.21. The van der Waals surface area contributed by atoms with Crippen LogP contribution >= 0.6 is 0 Å². The highest BCUT2D eigenvalue weighted by Crippen LogP contribution is 2.32. The van der Waals surface area contributed by atoms with Gasteiger partial charge in [0, 0.05) is 11.1 Å². The zero-order chi connectivity index (χ0) is 24.2. The van der Waals surface area contributed by atoms with Crippen molar-refractivity contribution in [3.8, 4) is 56.2 Å². The van der Waals surface area contributed by atoms with E-state index in [1.807, 2.05) is 42.5 Å². The van der Waals surface area contributed by atoms with Gasteiger partial charge in [-0.05, 0) is 57.6 Å². The van der Waals surface area contributed by atoms with Crippen LogP contribution in [0.1, 0.15) is 0 Å². The van der Waals surface area contributed by atoms with Gasteiger partial charge in [0.05, 0.1) is 0 Å². The van der Waals surface area contributed by atoms with Crippen LogP contribution in [0.15, 0.2) is 140 Å². The lowest BCUT2D eigenvalue weighted by Gasteiger charge is -2.11. The summed E-state index contributed by atoms with van der Waals surface area (Å²) in [6.07, 6.45) is 1.60. The lowest BCUT2D eigenvalue weighted by molar-refractivity contribution is 1.07. The molecule has 0 radical (unpaired) electrons. The molecule has 0 aliphatic heterocycles. The Labute approximate surface area is 210 Å². The van der Waals surface area contributed by atoms with E-state index in [-0.39, 0.29) is 0 Å². The van der Waals surface area contributed by atoms with E-state index in [0.717, 1.165) is 44.5 Å². The van der Waals surface area contributed by atoms with Gasteiger partial charge in [-0.2, -0.15) is 0 Å². The van der Waals surface area contributed by atoms with Crippen LogP contribution < -0.4 is 0 Å². The monoisotopic (exact) mass is 461 g/mol. The first-order valence-corrected chi connectivity index (χ1v) is 11.9. The normalized spacial score (nSPS) is 10.8. The summed E-state index contributed by atoms with van der Waals surface area (Å²) < 4.78 is 0. The van der Waals surface area contributed by atoms with Gasteiger partial charge in [-0.3, -0.25) is 0 Å². The summed E-state index contributed by atoms with van der Waals surface area (Å²) in [5, 5.41) is 0. The Bertz CT molecular complexity index is 1550. The molecule has 1 aromatic heterocycles. The fourth-order valence-corrected chi connectivity index (χ4v) is 4.39. The highest BCUT2D eigenvalue weighted by molar-refractivity contribution is 5.80. The zero-order valence-corrected chi connectivity index (χ0v) is 19.6. The topological polar surface area (TPSA) is 38.7 Å². The van der Waals surface area contributed by atoms with Crippen molar-refractivity contribution in [3.63, 3.8) is 0 Å². The summed E-state index contributed by atoms with van der Waals surface area (Å²) in [6.45, 7) is 0. The molecule has 0 saturated heterocycles. The van der Waals surface area contributed by atoms with E-state index in [4.69, 9.17) is 4.98 Å². The molecule has 0 aliphatic carbocycles. The lowest BCUT2D eigenvalue weighted by Crippen LogP contribution is -1.96. The van der Waals surface area contributed by atoms with E-state index in [9.17, 15) is 0 Å². The Morgan fingerprint density at radius 1 is 0.306 bits per heavy atom. The van der Waals surface area contributed by atoms with Crippen molar-refractivity contribution in [3.05, 3.63) is 140 Å². The third-order valence-corrected chi connectivity index (χ3v) is 6.21. The maximum absolute atomic E-state index is 4.90. The number of rotatable bonds is 5. The van der Waals surface area contributed by atoms with Gasteiger partial charge in [0.2, 0.25) is 0 Å². The standard InChI is InChI=1S/C33H23N3/c1-4-11-24(12-5-1)27-17-10-18-28(19-27)32-34-23-35-33(36-32)31-21-29(25-13-6-2-7-14-25)20-30(22-31)26-15-8-3-9-16-26/h1-23H. The highest BCUT2D eigenvalue weighted by Gasteiger charge is 2.11. The second-order valence-corrected chi connectivity index (χ2v) is 8.61. The fraction of sp³-hybridized carbons (Fsp3) is 0. The molecule has 0 saturated carbocycles. The number of nitrogens with zero attached hydrogens (tertiary/aromatic N) is 3. The molecule has 3 nitrogen and oxygen atoms in total. The van der Waals surface area contributed by atoms with Crippen LogP contribution in [0.5, 0.6) is 0 Å². The molecule has 0 spiro atoms. The van der Waals surface area contributed by atoms with Crippen LogP contribution in [0, 0.1) is 0 Å². The molecule has 5 aromatic carbocycles. The fourth-order valence-electron chi connectivity index (χ4n) is 4.39. The average molecular weight is 462 g/mol. The number of benzene rings is 5. The van der Waals surface area contributed by atoms with Crippen LogP contribution in [-0.4, -0.2) is 15.0 Å².